The van der Waals surface area contributed by atoms with Crippen molar-refractivity contribution in [3.05, 3.63) is 35.4 Å². The van der Waals surface area contributed by atoms with Gasteiger partial charge in [-0.2, -0.15) is 0 Å². The van der Waals surface area contributed by atoms with Crippen molar-refractivity contribution in [3.63, 3.8) is 0 Å². The summed E-state index contributed by atoms with van der Waals surface area (Å²) in [5.41, 5.74) is 0.543. The third-order valence-electron chi connectivity index (χ3n) is 4.78. The van der Waals surface area contributed by atoms with Gasteiger partial charge in [-0.3, -0.25) is 9.69 Å². The molecule has 3 amide bonds. The van der Waals surface area contributed by atoms with Gasteiger partial charge in [0, 0.05) is 47.3 Å². The highest BCUT2D eigenvalue weighted by molar-refractivity contribution is 5.78. The number of rotatable bonds is 4. The molecule has 1 aromatic rings. The minimum atomic E-state index is -0.920. The Bertz CT molecular complexity index is 661. The summed E-state index contributed by atoms with van der Waals surface area (Å²) in [6.45, 7) is 4.41. The molecule has 6 nitrogen and oxygen atoms in total. The van der Waals surface area contributed by atoms with E-state index in [2.05, 4.69) is 0 Å². The van der Waals surface area contributed by atoms with Crippen LogP contribution in [0.15, 0.2) is 18.2 Å². The highest BCUT2D eigenvalue weighted by Gasteiger charge is 2.25. The van der Waals surface area contributed by atoms with Gasteiger partial charge in [0.15, 0.2) is 11.6 Å². The van der Waals surface area contributed by atoms with Crippen molar-refractivity contribution in [1.82, 2.24) is 19.6 Å². The quantitative estimate of drug-likeness (QED) is 0.814. The molecule has 0 spiro atoms. The van der Waals surface area contributed by atoms with Gasteiger partial charge in [-0.25, -0.2) is 13.6 Å². The fourth-order valence-corrected chi connectivity index (χ4v) is 2.89. The van der Waals surface area contributed by atoms with Crippen LogP contribution in [-0.2, 0) is 4.79 Å². The predicted octanol–water partition coefficient (Wildman–Crippen LogP) is 1.78. The second-order valence-electron chi connectivity index (χ2n) is 6.79. The zero-order valence-corrected chi connectivity index (χ0v) is 15.7. The van der Waals surface area contributed by atoms with Crippen molar-refractivity contribution in [2.75, 3.05) is 53.9 Å². The first-order valence-corrected chi connectivity index (χ1v) is 8.60. The van der Waals surface area contributed by atoms with Crippen LogP contribution in [-0.4, -0.2) is 85.4 Å². The standard InChI is InChI=1S/C18H26F2N4O2/c1-13(14-5-6-15(19)16(20)11-14)22(4)17(25)12-23-7-9-24(10-8-23)18(26)21(2)3/h5-6,11,13H,7-10,12H2,1-4H3. The van der Waals surface area contributed by atoms with E-state index in [1.807, 2.05) is 4.90 Å². The summed E-state index contributed by atoms with van der Waals surface area (Å²) in [6.07, 6.45) is 0. The molecule has 1 aliphatic heterocycles. The highest BCUT2D eigenvalue weighted by atomic mass is 19.2. The maximum Gasteiger partial charge on any atom is 0.319 e. The third-order valence-corrected chi connectivity index (χ3v) is 4.78. The van der Waals surface area contributed by atoms with Gasteiger partial charge < -0.3 is 14.7 Å². The molecule has 1 atom stereocenters. The summed E-state index contributed by atoms with van der Waals surface area (Å²) in [5, 5.41) is 0. The van der Waals surface area contributed by atoms with E-state index in [0.717, 1.165) is 12.1 Å². The van der Waals surface area contributed by atoms with Crippen molar-refractivity contribution in [3.8, 4) is 0 Å². The minimum Gasteiger partial charge on any atom is -0.338 e. The summed E-state index contributed by atoms with van der Waals surface area (Å²) < 4.78 is 26.5. The number of carbonyl (C=O) groups excluding carboxylic acids is 2. The van der Waals surface area contributed by atoms with Gasteiger partial charge in [0.25, 0.3) is 0 Å². The van der Waals surface area contributed by atoms with Crippen LogP contribution in [0.4, 0.5) is 13.6 Å². The Hall–Kier alpha value is -2.22. The lowest BCUT2D eigenvalue weighted by Gasteiger charge is -2.36. The van der Waals surface area contributed by atoms with Crippen molar-refractivity contribution in [1.29, 1.82) is 0 Å². The molecule has 0 saturated carbocycles. The van der Waals surface area contributed by atoms with Crippen LogP contribution in [0.3, 0.4) is 0 Å². The molecule has 0 bridgehead atoms. The number of nitrogens with zero attached hydrogens (tertiary/aromatic N) is 4. The zero-order valence-electron chi connectivity index (χ0n) is 15.7. The summed E-state index contributed by atoms with van der Waals surface area (Å²) >= 11 is 0. The molecule has 0 aromatic heterocycles. The van der Waals surface area contributed by atoms with Crippen LogP contribution < -0.4 is 0 Å². The van der Waals surface area contributed by atoms with Gasteiger partial charge in [-0.15, -0.1) is 0 Å². The number of amides is 3. The van der Waals surface area contributed by atoms with E-state index in [0.29, 0.717) is 31.7 Å². The molecular formula is C18H26F2N4O2. The number of benzene rings is 1. The van der Waals surface area contributed by atoms with Crippen molar-refractivity contribution in [2.24, 2.45) is 0 Å². The van der Waals surface area contributed by atoms with Gasteiger partial charge >= 0.3 is 6.03 Å². The molecule has 0 N–H and O–H groups in total. The maximum absolute atomic E-state index is 13.4. The summed E-state index contributed by atoms with van der Waals surface area (Å²) in [7, 11) is 5.08. The van der Waals surface area contributed by atoms with Gasteiger partial charge in [0.1, 0.15) is 0 Å². The number of hydrogen-bond donors (Lipinski definition) is 0. The molecule has 0 aliphatic carbocycles. The fraction of sp³-hybridized carbons (Fsp3) is 0.556. The Balaban J connectivity index is 1.89. The van der Waals surface area contributed by atoms with Crippen LogP contribution in [0.2, 0.25) is 0 Å². The minimum absolute atomic E-state index is 0.0277. The smallest absolute Gasteiger partial charge is 0.319 e. The summed E-state index contributed by atoms with van der Waals surface area (Å²) in [5.74, 6) is -1.92. The number of hydrogen-bond acceptors (Lipinski definition) is 3. The first-order valence-electron chi connectivity index (χ1n) is 8.60. The van der Waals surface area contributed by atoms with E-state index < -0.39 is 11.6 Å². The third kappa shape index (κ3) is 4.69. The van der Waals surface area contributed by atoms with E-state index in [9.17, 15) is 18.4 Å². The Labute approximate surface area is 152 Å². The van der Waals surface area contributed by atoms with E-state index in [-0.39, 0.29) is 24.5 Å². The second kappa shape index (κ2) is 8.44. The molecule has 1 unspecified atom stereocenters. The number of halogens is 2. The zero-order chi connectivity index (χ0) is 19.4. The average Bonchev–Trinajstić information content (AvgIpc) is 2.62. The van der Waals surface area contributed by atoms with Crippen LogP contribution in [0.1, 0.15) is 18.5 Å². The van der Waals surface area contributed by atoms with E-state index >= 15 is 0 Å². The van der Waals surface area contributed by atoms with Gasteiger partial charge in [-0.1, -0.05) is 6.07 Å². The van der Waals surface area contributed by atoms with Crippen molar-refractivity contribution < 1.29 is 18.4 Å². The number of carbonyl (C=O) groups is 2. The Morgan fingerprint density at radius 3 is 2.23 bits per heavy atom. The van der Waals surface area contributed by atoms with Crippen LogP contribution in [0.25, 0.3) is 0 Å². The topological polar surface area (TPSA) is 47.1 Å². The summed E-state index contributed by atoms with van der Waals surface area (Å²) in [6, 6.07) is 3.28. The lowest BCUT2D eigenvalue weighted by molar-refractivity contribution is -0.133. The highest BCUT2D eigenvalue weighted by Crippen LogP contribution is 2.21. The molecule has 0 radical (unpaired) electrons. The molecule has 1 aromatic carbocycles. The van der Waals surface area contributed by atoms with Crippen molar-refractivity contribution >= 4 is 11.9 Å². The van der Waals surface area contributed by atoms with Crippen LogP contribution >= 0.6 is 0 Å². The van der Waals surface area contributed by atoms with E-state index in [4.69, 9.17) is 0 Å². The monoisotopic (exact) mass is 368 g/mol. The molecule has 1 aliphatic rings. The molecular weight excluding hydrogens is 342 g/mol. The van der Waals surface area contributed by atoms with Crippen LogP contribution in [0, 0.1) is 11.6 Å². The molecule has 1 saturated heterocycles. The SMILES string of the molecule is CC(c1ccc(F)c(F)c1)N(C)C(=O)CN1CCN(C(=O)N(C)C)CC1. The Morgan fingerprint density at radius 1 is 1.08 bits per heavy atom. The maximum atomic E-state index is 13.4. The summed E-state index contributed by atoms with van der Waals surface area (Å²) in [4.78, 5) is 31.3. The largest absolute Gasteiger partial charge is 0.338 e. The molecule has 1 fully saturated rings. The molecule has 144 valence electrons. The van der Waals surface area contributed by atoms with Crippen molar-refractivity contribution in [2.45, 2.75) is 13.0 Å². The number of likely N-dealkylation sites (N-methyl/N-ethyl adjacent to an activating group) is 1. The van der Waals surface area contributed by atoms with E-state index in [1.165, 1.54) is 15.9 Å². The molecule has 26 heavy (non-hydrogen) atoms. The Morgan fingerprint density at radius 2 is 1.69 bits per heavy atom. The second-order valence-corrected chi connectivity index (χ2v) is 6.79. The predicted molar refractivity (Wildman–Crippen MR) is 94.6 cm³/mol. The lowest BCUT2D eigenvalue weighted by Crippen LogP contribution is -2.53. The first-order chi connectivity index (χ1) is 12.2. The molecule has 8 heteroatoms. The normalized spacial score (nSPS) is 16.3. The van der Waals surface area contributed by atoms with Gasteiger partial charge in [-0.05, 0) is 24.6 Å². The molecule has 2 rings (SSSR count). The van der Waals surface area contributed by atoms with E-state index in [1.54, 1.807) is 33.0 Å². The number of piperazine rings is 1. The molecule has 1 heterocycles. The first kappa shape index (κ1) is 20.1. The van der Waals surface area contributed by atoms with Crippen LogP contribution in [0.5, 0.6) is 0 Å². The average molecular weight is 368 g/mol. The Kier molecular flexibility index (Phi) is 6.52. The van der Waals surface area contributed by atoms with Gasteiger partial charge in [0.2, 0.25) is 5.91 Å². The fourth-order valence-electron chi connectivity index (χ4n) is 2.89. The van der Waals surface area contributed by atoms with Gasteiger partial charge in [0.05, 0.1) is 12.6 Å². The lowest BCUT2D eigenvalue weighted by atomic mass is 10.1. The number of urea groups is 1.